The third-order valence-corrected chi connectivity index (χ3v) is 4.74. The highest BCUT2D eigenvalue weighted by Crippen LogP contribution is 2.22. The Hall–Kier alpha value is -3.48. The summed E-state index contributed by atoms with van der Waals surface area (Å²) < 4.78 is 1.44. The summed E-state index contributed by atoms with van der Waals surface area (Å²) in [6.45, 7) is 3.96. The lowest BCUT2D eigenvalue weighted by atomic mass is 10.0. The van der Waals surface area contributed by atoms with Crippen molar-refractivity contribution in [2.45, 2.75) is 26.4 Å². The largest absolute Gasteiger partial charge is 0.344 e. The van der Waals surface area contributed by atoms with Crippen molar-refractivity contribution in [1.82, 2.24) is 24.8 Å². The molecule has 0 bridgehead atoms. The maximum absolute atomic E-state index is 12.8. The lowest BCUT2D eigenvalue weighted by Crippen LogP contribution is -2.37. The van der Waals surface area contributed by atoms with E-state index >= 15 is 0 Å². The molecule has 0 aliphatic rings. The summed E-state index contributed by atoms with van der Waals surface area (Å²) in [4.78, 5) is 37.1. The molecule has 0 saturated heterocycles. The lowest BCUT2D eigenvalue weighted by Gasteiger charge is -2.21. The molecule has 1 atom stereocenters. The number of para-hydroxylation sites is 4. The molecule has 0 radical (unpaired) electrons. The SMILES string of the molecule is CC(C)C(NC(=O)Cn1c(=O)cnc2ccccc21)c1nc2ccccc2[nH]1. The number of imidazole rings is 1. The zero-order chi connectivity index (χ0) is 19.7. The zero-order valence-electron chi connectivity index (χ0n) is 15.7. The lowest BCUT2D eigenvalue weighted by molar-refractivity contribution is -0.122. The Balaban J connectivity index is 1.61. The minimum Gasteiger partial charge on any atom is -0.344 e. The van der Waals surface area contributed by atoms with Crippen molar-refractivity contribution in [1.29, 1.82) is 0 Å². The fraction of sp³-hybridized carbons (Fsp3) is 0.238. The van der Waals surface area contributed by atoms with Crippen LogP contribution >= 0.6 is 0 Å². The third kappa shape index (κ3) is 3.38. The van der Waals surface area contributed by atoms with Crippen LogP contribution in [0.4, 0.5) is 0 Å². The molecule has 4 rings (SSSR count). The summed E-state index contributed by atoms with van der Waals surface area (Å²) in [5.41, 5.74) is 2.78. The Bertz CT molecular complexity index is 1180. The van der Waals surface area contributed by atoms with Crippen molar-refractivity contribution in [3.63, 3.8) is 0 Å². The first-order valence-corrected chi connectivity index (χ1v) is 9.21. The molecule has 7 heteroatoms. The van der Waals surface area contributed by atoms with Crippen molar-refractivity contribution >= 4 is 28.0 Å². The van der Waals surface area contributed by atoms with Gasteiger partial charge < -0.3 is 10.3 Å². The highest BCUT2D eigenvalue weighted by atomic mass is 16.2. The van der Waals surface area contributed by atoms with E-state index in [4.69, 9.17) is 0 Å². The molecule has 2 N–H and O–H groups in total. The van der Waals surface area contributed by atoms with Crippen molar-refractivity contribution in [3.8, 4) is 0 Å². The van der Waals surface area contributed by atoms with Crippen LogP contribution in [0.3, 0.4) is 0 Å². The quantitative estimate of drug-likeness (QED) is 0.561. The molecule has 4 aromatic rings. The van der Waals surface area contributed by atoms with Crippen LogP contribution in [0.15, 0.2) is 59.5 Å². The van der Waals surface area contributed by atoms with Crippen LogP contribution in [-0.2, 0) is 11.3 Å². The van der Waals surface area contributed by atoms with Gasteiger partial charge >= 0.3 is 0 Å². The number of benzene rings is 2. The molecule has 0 aliphatic carbocycles. The van der Waals surface area contributed by atoms with Gasteiger partial charge in [0, 0.05) is 0 Å². The average molecular weight is 375 g/mol. The van der Waals surface area contributed by atoms with E-state index in [1.807, 2.05) is 56.3 Å². The highest BCUT2D eigenvalue weighted by molar-refractivity contribution is 5.80. The Morgan fingerprint density at radius 3 is 2.57 bits per heavy atom. The number of aromatic amines is 1. The predicted octanol–water partition coefficient (Wildman–Crippen LogP) is 2.79. The first-order valence-electron chi connectivity index (χ1n) is 9.21. The molecular weight excluding hydrogens is 354 g/mol. The fourth-order valence-electron chi connectivity index (χ4n) is 3.31. The minimum absolute atomic E-state index is 0.0781. The third-order valence-electron chi connectivity index (χ3n) is 4.74. The van der Waals surface area contributed by atoms with Gasteiger partial charge in [0.2, 0.25) is 5.91 Å². The molecule has 1 amide bonds. The van der Waals surface area contributed by atoms with Crippen molar-refractivity contribution in [3.05, 3.63) is 70.9 Å². The summed E-state index contributed by atoms with van der Waals surface area (Å²) in [6.07, 6.45) is 1.24. The van der Waals surface area contributed by atoms with Gasteiger partial charge in [0.05, 0.1) is 34.3 Å². The van der Waals surface area contributed by atoms with E-state index in [2.05, 4.69) is 20.3 Å². The van der Waals surface area contributed by atoms with Crippen molar-refractivity contribution in [2.75, 3.05) is 0 Å². The van der Waals surface area contributed by atoms with Crippen LogP contribution in [0.2, 0.25) is 0 Å². The van der Waals surface area contributed by atoms with Crippen molar-refractivity contribution in [2.24, 2.45) is 5.92 Å². The molecule has 142 valence electrons. The van der Waals surface area contributed by atoms with Gasteiger partial charge in [0.15, 0.2) is 0 Å². The van der Waals surface area contributed by atoms with Gasteiger partial charge in [0.25, 0.3) is 5.56 Å². The average Bonchev–Trinajstić information content (AvgIpc) is 3.12. The smallest absolute Gasteiger partial charge is 0.269 e. The monoisotopic (exact) mass is 375 g/mol. The van der Waals surface area contributed by atoms with E-state index in [0.717, 1.165) is 11.0 Å². The number of aromatic nitrogens is 4. The first kappa shape index (κ1) is 17.9. The number of carbonyl (C=O) groups is 1. The minimum atomic E-state index is -0.307. The second-order valence-electron chi connectivity index (χ2n) is 7.10. The van der Waals surface area contributed by atoms with Gasteiger partial charge in [-0.25, -0.2) is 9.97 Å². The Kier molecular flexibility index (Phi) is 4.65. The van der Waals surface area contributed by atoms with Crippen molar-refractivity contribution < 1.29 is 4.79 Å². The normalized spacial score (nSPS) is 12.5. The summed E-state index contributed by atoms with van der Waals surface area (Å²) in [5, 5.41) is 3.02. The number of nitrogens with zero attached hydrogens (tertiary/aromatic N) is 3. The van der Waals surface area contributed by atoms with Gasteiger partial charge in [-0.1, -0.05) is 38.1 Å². The molecule has 2 aromatic carbocycles. The molecule has 0 spiro atoms. The van der Waals surface area contributed by atoms with E-state index < -0.39 is 0 Å². The zero-order valence-corrected chi connectivity index (χ0v) is 15.7. The van der Waals surface area contributed by atoms with Gasteiger partial charge in [-0.05, 0) is 30.2 Å². The topological polar surface area (TPSA) is 92.7 Å². The number of hydrogen-bond acceptors (Lipinski definition) is 4. The fourth-order valence-corrected chi connectivity index (χ4v) is 3.31. The predicted molar refractivity (Wildman–Crippen MR) is 108 cm³/mol. The molecular formula is C21H21N5O2. The van der Waals surface area contributed by atoms with Crippen LogP contribution < -0.4 is 10.9 Å². The van der Waals surface area contributed by atoms with Crippen LogP contribution in [0.1, 0.15) is 25.7 Å². The number of nitrogens with one attached hydrogen (secondary N) is 2. The number of amides is 1. The molecule has 2 aromatic heterocycles. The highest BCUT2D eigenvalue weighted by Gasteiger charge is 2.22. The molecule has 7 nitrogen and oxygen atoms in total. The number of H-pyrrole nitrogens is 1. The number of carbonyl (C=O) groups excluding carboxylic acids is 1. The molecule has 1 unspecified atom stereocenters. The maximum atomic E-state index is 12.8. The summed E-state index contributed by atoms with van der Waals surface area (Å²) in [6, 6.07) is 14.7. The van der Waals surface area contributed by atoms with E-state index in [-0.39, 0.29) is 30.0 Å². The maximum Gasteiger partial charge on any atom is 0.269 e. The Labute approximate surface area is 161 Å². The van der Waals surface area contributed by atoms with E-state index in [9.17, 15) is 9.59 Å². The summed E-state index contributed by atoms with van der Waals surface area (Å²) in [7, 11) is 0. The van der Waals surface area contributed by atoms with Gasteiger partial charge in [-0.2, -0.15) is 0 Å². The standard InChI is InChI=1S/C21H21N5O2/c1-13(2)20(21-23-14-7-3-4-8-15(14)24-21)25-18(27)12-26-17-10-6-5-9-16(17)22-11-19(26)28/h3-11,13,20H,12H2,1-2H3,(H,23,24)(H,25,27). The van der Waals surface area contributed by atoms with Crippen LogP contribution in [-0.4, -0.2) is 25.4 Å². The Morgan fingerprint density at radius 1 is 1.11 bits per heavy atom. The van der Waals surface area contributed by atoms with E-state index in [1.165, 1.54) is 10.8 Å². The molecule has 2 heterocycles. The molecule has 0 aliphatic heterocycles. The molecule has 0 fully saturated rings. The second-order valence-corrected chi connectivity index (χ2v) is 7.10. The molecule has 0 saturated carbocycles. The Morgan fingerprint density at radius 2 is 1.82 bits per heavy atom. The number of hydrogen-bond donors (Lipinski definition) is 2. The van der Waals surface area contributed by atoms with Gasteiger partial charge in [-0.3, -0.25) is 14.2 Å². The van der Waals surface area contributed by atoms with Gasteiger partial charge in [-0.15, -0.1) is 0 Å². The van der Waals surface area contributed by atoms with E-state index in [0.29, 0.717) is 16.9 Å². The molecule has 28 heavy (non-hydrogen) atoms. The first-order chi connectivity index (χ1) is 13.5. The van der Waals surface area contributed by atoms with Crippen LogP contribution in [0, 0.1) is 5.92 Å². The second kappa shape index (κ2) is 7.26. The number of rotatable bonds is 5. The summed E-state index contributed by atoms with van der Waals surface area (Å²) in [5.74, 6) is 0.574. The van der Waals surface area contributed by atoms with Crippen LogP contribution in [0.25, 0.3) is 22.1 Å². The number of fused-ring (bicyclic) bond motifs is 2. The van der Waals surface area contributed by atoms with E-state index in [1.54, 1.807) is 6.07 Å². The summed E-state index contributed by atoms with van der Waals surface area (Å²) >= 11 is 0. The van der Waals surface area contributed by atoms with Gasteiger partial charge in [0.1, 0.15) is 12.4 Å². The van der Waals surface area contributed by atoms with Crippen LogP contribution in [0.5, 0.6) is 0 Å².